The molecule has 0 saturated carbocycles. The molecule has 3 aromatic rings. The largest absolute Gasteiger partial charge is 0.497 e. The van der Waals surface area contributed by atoms with Crippen LogP contribution in [0.4, 0.5) is 0 Å². The van der Waals surface area contributed by atoms with Crippen LogP contribution >= 0.6 is 0 Å². The zero-order valence-electron chi connectivity index (χ0n) is 17.0. The Morgan fingerprint density at radius 2 is 1.76 bits per heavy atom. The summed E-state index contributed by atoms with van der Waals surface area (Å²) in [7, 11) is 1.69. The first-order valence-corrected chi connectivity index (χ1v) is 10.2. The summed E-state index contributed by atoms with van der Waals surface area (Å²) in [5, 5.41) is 4.57. The van der Waals surface area contributed by atoms with E-state index < -0.39 is 0 Å². The van der Waals surface area contributed by atoms with Crippen molar-refractivity contribution in [2.75, 3.05) is 20.2 Å². The Hall–Kier alpha value is -3.08. The molecule has 0 radical (unpaired) electrons. The van der Waals surface area contributed by atoms with Gasteiger partial charge in [-0.2, -0.15) is 5.10 Å². The Kier molecular flexibility index (Phi) is 5.65. The summed E-state index contributed by atoms with van der Waals surface area (Å²) in [5.74, 6) is 1.53. The quantitative estimate of drug-likeness (QED) is 0.654. The molecule has 1 amide bonds. The highest BCUT2D eigenvalue weighted by atomic mass is 16.5. The van der Waals surface area contributed by atoms with Gasteiger partial charge in [-0.1, -0.05) is 30.3 Å². The summed E-state index contributed by atoms with van der Waals surface area (Å²) in [6.45, 7) is 3.56. The maximum absolute atomic E-state index is 13.0. The van der Waals surface area contributed by atoms with Gasteiger partial charge in [-0.25, -0.2) is 4.68 Å². The molecule has 29 heavy (non-hydrogen) atoms. The molecule has 1 aliphatic rings. The second-order valence-electron chi connectivity index (χ2n) is 7.71. The number of piperidine rings is 1. The van der Waals surface area contributed by atoms with E-state index in [-0.39, 0.29) is 5.91 Å². The summed E-state index contributed by atoms with van der Waals surface area (Å²) in [4.78, 5) is 14.9. The highest BCUT2D eigenvalue weighted by Crippen LogP contribution is 2.24. The normalized spacial score (nSPS) is 14.8. The topological polar surface area (TPSA) is 47.4 Å². The molecule has 0 aliphatic carbocycles. The van der Waals surface area contributed by atoms with Gasteiger partial charge in [0.15, 0.2) is 5.69 Å². The van der Waals surface area contributed by atoms with E-state index in [1.165, 1.54) is 5.56 Å². The average molecular weight is 389 g/mol. The molecule has 4 rings (SSSR count). The zero-order chi connectivity index (χ0) is 20.2. The number of likely N-dealkylation sites (tertiary alicyclic amines) is 1. The van der Waals surface area contributed by atoms with Crippen LogP contribution in [0, 0.1) is 12.8 Å². The Labute approximate surface area is 171 Å². The van der Waals surface area contributed by atoms with Crippen LogP contribution in [0.25, 0.3) is 5.69 Å². The van der Waals surface area contributed by atoms with E-state index >= 15 is 0 Å². The Balaban J connectivity index is 1.36. The van der Waals surface area contributed by atoms with Gasteiger partial charge < -0.3 is 9.64 Å². The van der Waals surface area contributed by atoms with E-state index in [2.05, 4.69) is 17.2 Å². The summed E-state index contributed by atoms with van der Waals surface area (Å²) in [6, 6.07) is 20.1. The summed E-state index contributed by atoms with van der Waals surface area (Å²) >= 11 is 0. The molecule has 0 N–H and O–H groups in total. The summed E-state index contributed by atoms with van der Waals surface area (Å²) in [6.07, 6.45) is 3.10. The smallest absolute Gasteiger partial charge is 0.274 e. The average Bonchev–Trinajstić information content (AvgIpc) is 3.16. The van der Waals surface area contributed by atoms with Gasteiger partial charge in [0.2, 0.25) is 0 Å². The van der Waals surface area contributed by atoms with Gasteiger partial charge in [-0.05, 0) is 68.0 Å². The number of nitrogens with zero attached hydrogens (tertiary/aromatic N) is 3. The number of hydrogen-bond acceptors (Lipinski definition) is 3. The highest BCUT2D eigenvalue weighted by molar-refractivity contribution is 5.92. The Morgan fingerprint density at radius 3 is 2.41 bits per heavy atom. The highest BCUT2D eigenvalue weighted by Gasteiger charge is 2.25. The van der Waals surface area contributed by atoms with Crippen LogP contribution in [0.1, 0.15) is 34.6 Å². The van der Waals surface area contributed by atoms with E-state index in [4.69, 9.17) is 4.74 Å². The first-order chi connectivity index (χ1) is 14.1. The number of benzene rings is 2. The number of aromatic nitrogens is 2. The second kappa shape index (κ2) is 8.52. The fourth-order valence-electron chi connectivity index (χ4n) is 4.01. The Bertz CT molecular complexity index is 956. The first kappa shape index (κ1) is 19.2. The summed E-state index contributed by atoms with van der Waals surface area (Å²) < 4.78 is 7.07. The fourth-order valence-corrected chi connectivity index (χ4v) is 4.01. The maximum Gasteiger partial charge on any atom is 0.274 e. The maximum atomic E-state index is 13.0. The van der Waals surface area contributed by atoms with Gasteiger partial charge in [0.25, 0.3) is 5.91 Å². The predicted octanol–water partition coefficient (Wildman–Crippen LogP) is 4.28. The van der Waals surface area contributed by atoms with Crippen molar-refractivity contribution in [3.05, 3.63) is 77.6 Å². The molecule has 0 atom stereocenters. The first-order valence-electron chi connectivity index (χ1n) is 10.2. The fraction of sp³-hybridized carbons (Fsp3) is 0.333. The van der Waals surface area contributed by atoms with Crippen LogP contribution < -0.4 is 4.74 Å². The van der Waals surface area contributed by atoms with Gasteiger partial charge in [0.05, 0.1) is 12.8 Å². The Morgan fingerprint density at radius 1 is 1.07 bits per heavy atom. The molecule has 2 aromatic carbocycles. The number of para-hydroxylation sites is 1. The number of methoxy groups -OCH3 is 1. The third kappa shape index (κ3) is 4.34. The van der Waals surface area contributed by atoms with Crippen molar-refractivity contribution in [2.45, 2.75) is 26.2 Å². The number of rotatable bonds is 5. The minimum absolute atomic E-state index is 0.0330. The molecule has 0 unspecified atom stereocenters. The predicted molar refractivity (Wildman–Crippen MR) is 114 cm³/mol. The van der Waals surface area contributed by atoms with Gasteiger partial charge in [0, 0.05) is 18.8 Å². The number of ether oxygens (including phenoxy) is 1. The minimum atomic E-state index is 0.0330. The van der Waals surface area contributed by atoms with Crippen molar-refractivity contribution in [3.63, 3.8) is 0 Å². The molecule has 1 aliphatic heterocycles. The van der Waals surface area contributed by atoms with E-state index in [1.54, 1.807) is 7.11 Å². The van der Waals surface area contributed by atoms with Gasteiger partial charge in [-0.15, -0.1) is 0 Å². The van der Waals surface area contributed by atoms with Gasteiger partial charge >= 0.3 is 0 Å². The van der Waals surface area contributed by atoms with Crippen LogP contribution in [0.2, 0.25) is 0 Å². The number of carbonyl (C=O) groups is 1. The van der Waals surface area contributed by atoms with Crippen molar-refractivity contribution in [3.8, 4) is 11.4 Å². The van der Waals surface area contributed by atoms with Crippen LogP contribution in [-0.4, -0.2) is 40.8 Å². The lowest BCUT2D eigenvalue weighted by Crippen LogP contribution is -2.39. The number of carbonyl (C=O) groups excluding carboxylic acids is 1. The van der Waals surface area contributed by atoms with Crippen LogP contribution in [0.3, 0.4) is 0 Å². The zero-order valence-corrected chi connectivity index (χ0v) is 17.0. The van der Waals surface area contributed by atoms with E-state index in [9.17, 15) is 4.79 Å². The molecule has 1 saturated heterocycles. The van der Waals surface area contributed by atoms with Crippen molar-refractivity contribution >= 4 is 5.91 Å². The lowest BCUT2D eigenvalue weighted by molar-refractivity contribution is 0.0684. The molecule has 150 valence electrons. The van der Waals surface area contributed by atoms with Crippen LogP contribution in [-0.2, 0) is 6.42 Å². The molecular weight excluding hydrogens is 362 g/mol. The molecule has 5 heteroatoms. The van der Waals surface area contributed by atoms with E-state index in [0.717, 1.165) is 49.5 Å². The molecule has 5 nitrogen and oxygen atoms in total. The van der Waals surface area contributed by atoms with Crippen molar-refractivity contribution < 1.29 is 9.53 Å². The molecule has 1 aromatic heterocycles. The van der Waals surface area contributed by atoms with E-state index in [0.29, 0.717) is 11.6 Å². The van der Waals surface area contributed by atoms with Gasteiger partial charge in [-0.3, -0.25) is 4.79 Å². The van der Waals surface area contributed by atoms with Gasteiger partial charge in [0.1, 0.15) is 5.75 Å². The van der Waals surface area contributed by atoms with Crippen LogP contribution in [0.15, 0.2) is 60.7 Å². The number of hydrogen-bond donors (Lipinski definition) is 0. The van der Waals surface area contributed by atoms with Crippen molar-refractivity contribution in [1.29, 1.82) is 0 Å². The number of aryl methyl sites for hydroxylation is 1. The molecule has 2 heterocycles. The van der Waals surface area contributed by atoms with Crippen molar-refractivity contribution in [2.24, 2.45) is 5.92 Å². The lowest BCUT2D eigenvalue weighted by atomic mass is 9.90. The third-order valence-corrected chi connectivity index (χ3v) is 5.69. The SMILES string of the molecule is COc1ccc(CC2CCN(C(=O)c3cc(C)n(-c4ccccc4)n3)CC2)cc1. The monoisotopic (exact) mass is 389 g/mol. The molecule has 1 fully saturated rings. The minimum Gasteiger partial charge on any atom is -0.497 e. The summed E-state index contributed by atoms with van der Waals surface area (Å²) in [5.41, 5.74) is 3.80. The second-order valence-corrected chi connectivity index (χ2v) is 7.71. The third-order valence-electron chi connectivity index (χ3n) is 5.69. The van der Waals surface area contributed by atoms with Crippen LogP contribution in [0.5, 0.6) is 5.75 Å². The number of amides is 1. The molecule has 0 spiro atoms. The molecule has 0 bridgehead atoms. The standard InChI is InChI=1S/C24H27N3O2/c1-18-16-23(25-27(18)21-6-4-3-5-7-21)24(28)26-14-12-20(13-15-26)17-19-8-10-22(29-2)11-9-19/h3-11,16,20H,12-15,17H2,1-2H3. The van der Waals surface area contributed by atoms with E-state index in [1.807, 2.05) is 65.0 Å². The molecular formula is C24H27N3O2. The van der Waals surface area contributed by atoms with Crippen molar-refractivity contribution in [1.82, 2.24) is 14.7 Å². The lowest BCUT2D eigenvalue weighted by Gasteiger charge is -2.31.